The Morgan fingerprint density at radius 1 is 1.15 bits per heavy atom. The largest absolute Gasteiger partial charge is 0.339 e. The van der Waals surface area contributed by atoms with Crippen molar-refractivity contribution in [3.8, 4) is 6.07 Å². The quantitative estimate of drug-likeness (QED) is 0.887. The number of piperazine rings is 1. The number of nitrogens with zero attached hydrogens (tertiary/aromatic N) is 5. The zero-order valence-electron chi connectivity index (χ0n) is 15.3. The van der Waals surface area contributed by atoms with Crippen LogP contribution in [0.5, 0.6) is 0 Å². The van der Waals surface area contributed by atoms with Crippen molar-refractivity contribution in [2.45, 2.75) is 13.8 Å². The van der Waals surface area contributed by atoms with E-state index in [0.29, 0.717) is 49.1 Å². The molecule has 0 spiro atoms. The fourth-order valence-electron chi connectivity index (χ4n) is 2.89. The average molecular weight is 364 g/mol. The van der Waals surface area contributed by atoms with Gasteiger partial charge in [0.25, 0.3) is 5.91 Å². The molecule has 138 valence electrons. The molecule has 1 aliphatic rings. The van der Waals surface area contributed by atoms with Gasteiger partial charge in [-0.05, 0) is 31.2 Å². The Balaban J connectivity index is 1.76. The number of nitrogens with one attached hydrogen (secondary N) is 1. The normalized spacial score (nSPS) is 13.8. The van der Waals surface area contributed by atoms with Gasteiger partial charge in [0.2, 0.25) is 11.9 Å². The molecule has 1 aliphatic heterocycles. The molecule has 1 aromatic heterocycles. The van der Waals surface area contributed by atoms with E-state index in [1.165, 1.54) is 0 Å². The summed E-state index contributed by atoms with van der Waals surface area (Å²) >= 11 is 0. The van der Waals surface area contributed by atoms with Crippen molar-refractivity contribution in [3.63, 3.8) is 0 Å². The van der Waals surface area contributed by atoms with Crippen molar-refractivity contribution < 1.29 is 9.59 Å². The van der Waals surface area contributed by atoms with E-state index in [2.05, 4.69) is 15.3 Å². The minimum atomic E-state index is -0.362. The number of aromatic nitrogens is 2. The highest BCUT2D eigenvalue weighted by molar-refractivity contribution is 6.03. The lowest BCUT2D eigenvalue weighted by molar-refractivity contribution is -0.129. The number of carbonyl (C=O) groups is 2. The SMILES string of the molecule is CC(=O)N1CCN(c2nc(C)cc(C(=O)Nc3cccc(C#N)c3)n2)CC1. The van der Waals surface area contributed by atoms with Crippen molar-refractivity contribution >= 4 is 23.5 Å². The number of hydrogen-bond acceptors (Lipinski definition) is 6. The number of aryl methyl sites for hydroxylation is 1. The summed E-state index contributed by atoms with van der Waals surface area (Å²) in [5.41, 5.74) is 1.95. The van der Waals surface area contributed by atoms with E-state index in [4.69, 9.17) is 5.26 Å². The lowest BCUT2D eigenvalue weighted by Gasteiger charge is -2.34. The van der Waals surface area contributed by atoms with Gasteiger partial charge in [-0.25, -0.2) is 9.97 Å². The summed E-state index contributed by atoms with van der Waals surface area (Å²) in [5, 5.41) is 11.7. The summed E-state index contributed by atoms with van der Waals surface area (Å²) in [4.78, 5) is 36.6. The molecule has 0 aliphatic carbocycles. The fraction of sp³-hybridized carbons (Fsp3) is 0.316. The smallest absolute Gasteiger partial charge is 0.274 e. The molecule has 3 rings (SSSR count). The van der Waals surface area contributed by atoms with Crippen molar-refractivity contribution in [2.75, 3.05) is 36.4 Å². The number of anilines is 2. The Bertz CT molecular complexity index is 913. The van der Waals surface area contributed by atoms with Crippen LogP contribution in [0.2, 0.25) is 0 Å². The monoisotopic (exact) mass is 364 g/mol. The van der Waals surface area contributed by atoms with Crippen molar-refractivity contribution in [1.29, 1.82) is 5.26 Å². The summed E-state index contributed by atoms with van der Waals surface area (Å²) in [6.45, 7) is 5.82. The van der Waals surface area contributed by atoms with Crippen LogP contribution in [0.25, 0.3) is 0 Å². The lowest BCUT2D eigenvalue weighted by Crippen LogP contribution is -2.48. The third-order valence-electron chi connectivity index (χ3n) is 4.33. The minimum Gasteiger partial charge on any atom is -0.339 e. The van der Waals surface area contributed by atoms with E-state index in [9.17, 15) is 9.59 Å². The van der Waals surface area contributed by atoms with Gasteiger partial charge in [0, 0.05) is 44.5 Å². The Morgan fingerprint density at radius 2 is 1.89 bits per heavy atom. The summed E-state index contributed by atoms with van der Waals surface area (Å²) in [6.07, 6.45) is 0. The van der Waals surface area contributed by atoms with Crippen LogP contribution in [0.15, 0.2) is 30.3 Å². The number of rotatable bonds is 3. The maximum atomic E-state index is 12.6. The van der Waals surface area contributed by atoms with Gasteiger partial charge in [-0.15, -0.1) is 0 Å². The van der Waals surface area contributed by atoms with Gasteiger partial charge in [0.15, 0.2) is 0 Å². The Labute approximate surface area is 157 Å². The first-order valence-corrected chi connectivity index (χ1v) is 8.64. The maximum absolute atomic E-state index is 12.6. The average Bonchev–Trinajstić information content (AvgIpc) is 2.67. The highest BCUT2D eigenvalue weighted by atomic mass is 16.2. The Morgan fingerprint density at radius 3 is 2.56 bits per heavy atom. The van der Waals surface area contributed by atoms with Crippen molar-refractivity contribution in [3.05, 3.63) is 47.3 Å². The molecule has 8 heteroatoms. The predicted octanol–water partition coefficient (Wildman–Crippen LogP) is 1.58. The van der Waals surface area contributed by atoms with E-state index in [0.717, 1.165) is 0 Å². The molecule has 0 radical (unpaired) electrons. The van der Waals surface area contributed by atoms with Gasteiger partial charge in [-0.1, -0.05) is 6.07 Å². The van der Waals surface area contributed by atoms with Crippen LogP contribution >= 0.6 is 0 Å². The highest BCUT2D eigenvalue weighted by Crippen LogP contribution is 2.15. The number of nitriles is 1. The van der Waals surface area contributed by atoms with Crippen LogP contribution in [-0.2, 0) is 4.79 Å². The maximum Gasteiger partial charge on any atom is 0.274 e. The fourth-order valence-corrected chi connectivity index (χ4v) is 2.89. The van der Waals surface area contributed by atoms with Gasteiger partial charge in [0.1, 0.15) is 5.69 Å². The molecular formula is C19H20N6O2. The van der Waals surface area contributed by atoms with Crippen molar-refractivity contribution in [1.82, 2.24) is 14.9 Å². The molecule has 8 nitrogen and oxygen atoms in total. The molecule has 2 amide bonds. The molecule has 1 aromatic carbocycles. The van der Waals surface area contributed by atoms with Crippen LogP contribution in [0.3, 0.4) is 0 Å². The minimum absolute atomic E-state index is 0.0551. The van der Waals surface area contributed by atoms with E-state index < -0.39 is 0 Å². The first kappa shape index (κ1) is 18.3. The number of carbonyl (C=O) groups excluding carboxylic acids is 2. The summed E-state index contributed by atoms with van der Waals surface area (Å²) < 4.78 is 0. The van der Waals surface area contributed by atoms with Crippen LogP contribution in [0.1, 0.15) is 28.7 Å². The van der Waals surface area contributed by atoms with Gasteiger partial charge >= 0.3 is 0 Å². The molecule has 0 atom stereocenters. The molecule has 0 saturated carbocycles. The van der Waals surface area contributed by atoms with Gasteiger partial charge in [-0.2, -0.15) is 5.26 Å². The predicted molar refractivity (Wildman–Crippen MR) is 100 cm³/mol. The number of amides is 2. The van der Waals surface area contributed by atoms with Gasteiger partial charge < -0.3 is 15.1 Å². The Hall–Kier alpha value is -3.47. The molecule has 27 heavy (non-hydrogen) atoms. The van der Waals surface area contributed by atoms with E-state index in [1.807, 2.05) is 17.9 Å². The molecule has 1 saturated heterocycles. The second kappa shape index (κ2) is 7.83. The Kier molecular flexibility index (Phi) is 5.31. The molecule has 1 fully saturated rings. The standard InChI is InChI=1S/C19H20N6O2/c1-13-10-17(18(27)22-16-5-3-4-15(11-16)12-20)23-19(21-13)25-8-6-24(7-9-25)14(2)26/h3-5,10-11H,6-9H2,1-2H3,(H,22,27). The van der Waals surface area contributed by atoms with Crippen molar-refractivity contribution in [2.24, 2.45) is 0 Å². The second-order valence-corrected chi connectivity index (χ2v) is 6.33. The summed E-state index contributed by atoms with van der Waals surface area (Å²) in [5.74, 6) is 0.174. The first-order valence-electron chi connectivity index (χ1n) is 8.64. The van der Waals surface area contributed by atoms with Crippen LogP contribution in [-0.4, -0.2) is 52.9 Å². The second-order valence-electron chi connectivity index (χ2n) is 6.33. The van der Waals surface area contributed by atoms with Crippen LogP contribution in [0, 0.1) is 18.3 Å². The lowest BCUT2D eigenvalue weighted by atomic mass is 10.2. The summed E-state index contributed by atoms with van der Waals surface area (Å²) in [7, 11) is 0. The molecular weight excluding hydrogens is 344 g/mol. The van der Waals surface area contributed by atoms with E-state index in [1.54, 1.807) is 42.2 Å². The van der Waals surface area contributed by atoms with Crippen LogP contribution in [0.4, 0.5) is 11.6 Å². The third kappa shape index (κ3) is 4.39. The molecule has 0 unspecified atom stereocenters. The number of hydrogen-bond donors (Lipinski definition) is 1. The molecule has 2 aromatic rings. The highest BCUT2D eigenvalue weighted by Gasteiger charge is 2.22. The summed E-state index contributed by atoms with van der Waals surface area (Å²) in [6, 6.07) is 10.4. The topological polar surface area (TPSA) is 102 Å². The first-order chi connectivity index (χ1) is 13.0. The molecule has 2 heterocycles. The third-order valence-corrected chi connectivity index (χ3v) is 4.33. The van der Waals surface area contributed by atoms with E-state index in [-0.39, 0.29) is 17.5 Å². The van der Waals surface area contributed by atoms with E-state index >= 15 is 0 Å². The van der Waals surface area contributed by atoms with Crippen LogP contribution < -0.4 is 10.2 Å². The van der Waals surface area contributed by atoms with Gasteiger partial charge in [-0.3, -0.25) is 9.59 Å². The zero-order chi connectivity index (χ0) is 19.4. The zero-order valence-corrected chi connectivity index (χ0v) is 15.3. The molecule has 1 N–H and O–H groups in total. The molecule has 0 bridgehead atoms. The van der Waals surface area contributed by atoms with Gasteiger partial charge in [0.05, 0.1) is 11.6 Å². The number of benzene rings is 1.